The van der Waals surface area contributed by atoms with Gasteiger partial charge in [-0.3, -0.25) is 9.59 Å². The molecule has 0 bridgehead atoms. The molecule has 1 aromatic carbocycles. The van der Waals surface area contributed by atoms with Crippen LogP contribution in [-0.2, 0) is 14.3 Å². The zero-order chi connectivity index (χ0) is 20.0. The predicted molar refractivity (Wildman–Crippen MR) is 102 cm³/mol. The predicted octanol–water partition coefficient (Wildman–Crippen LogP) is 3.08. The van der Waals surface area contributed by atoms with Crippen LogP contribution in [0.4, 0.5) is 5.82 Å². The van der Waals surface area contributed by atoms with Crippen molar-refractivity contribution in [2.24, 2.45) is 0 Å². The number of benzene rings is 1. The van der Waals surface area contributed by atoms with Gasteiger partial charge < -0.3 is 15.4 Å². The van der Waals surface area contributed by atoms with E-state index in [0.29, 0.717) is 15.6 Å². The monoisotopic (exact) mass is 409 g/mol. The summed E-state index contributed by atoms with van der Waals surface area (Å²) < 4.78 is 5.09. The largest absolute Gasteiger partial charge is 0.451 e. The van der Waals surface area contributed by atoms with Crippen LogP contribution in [0.1, 0.15) is 24.2 Å². The van der Waals surface area contributed by atoms with E-state index in [-0.39, 0.29) is 5.82 Å². The number of halogens is 2. The van der Waals surface area contributed by atoms with E-state index >= 15 is 0 Å². The molecule has 27 heavy (non-hydrogen) atoms. The molecule has 0 saturated heterocycles. The van der Waals surface area contributed by atoms with E-state index in [1.54, 1.807) is 18.2 Å². The summed E-state index contributed by atoms with van der Waals surface area (Å²) in [5, 5.41) is 5.92. The Hall–Kier alpha value is -2.64. The molecule has 0 aliphatic carbocycles. The van der Waals surface area contributed by atoms with Gasteiger partial charge in [-0.2, -0.15) is 0 Å². The molecule has 0 aliphatic rings. The van der Waals surface area contributed by atoms with Gasteiger partial charge in [0.1, 0.15) is 11.9 Å². The Morgan fingerprint density at radius 1 is 1.00 bits per heavy atom. The van der Waals surface area contributed by atoms with Gasteiger partial charge in [0, 0.05) is 16.8 Å². The van der Waals surface area contributed by atoms with Crippen molar-refractivity contribution in [2.45, 2.75) is 26.0 Å². The quantitative estimate of drug-likeness (QED) is 0.714. The zero-order valence-corrected chi connectivity index (χ0v) is 16.0. The Balaban J connectivity index is 1.86. The van der Waals surface area contributed by atoms with Crippen molar-refractivity contribution >= 4 is 46.8 Å². The number of carbonyl (C=O) groups excluding carboxylic acids is 3. The SMILES string of the molecule is C[C@H](NC(=O)c1ccc(Cl)cc1)C(=O)O[C@H](C)C(=O)Nc1ccc(Cl)cn1. The molecular formula is C18H17Cl2N3O4. The van der Waals surface area contributed by atoms with Gasteiger partial charge in [-0.15, -0.1) is 0 Å². The normalized spacial score (nSPS) is 12.6. The molecule has 1 aromatic heterocycles. The number of aromatic nitrogens is 1. The van der Waals surface area contributed by atoms with Gasteiger partial charge in [-0.25, -0.2) is 9.78 Å². The average Bonchev–Trinajstić information content (AvgIpc) is 2.63. The van der Waals surface area contributed by atoms with E-state index in [2.05, 4.69) is 15.6 Å². The third-order valence-electron chi connectivity index (χ3n) is 3.45. The molecule has 142 valence electrons. The summed E-state index contributed by atoms with van der Waals surface area (Å²) in [7, 11) is 0. The lowest BCUT2D eigenvalue weighted by atomic mass is 10.2. The molecule has 2 atom stereocenters. The number of hydrogen-bond donors (Lipinski definition) is 2. The maximum Gasteiger partial charge on any atom is 0.329 e. The number of nitrogens with zero attached hydrogens (tertiary/aromatic N) is 1. The number of ether oxygens (including phenoxy) is 1. The van der Waals surface area contributed by atoms with Crippen LogP contribution in [0.25, 0.3) is 0 Å². The Morgan fingerprint density at radius 3 is 2.22 bits per heavy atom. The number of esters is 1. The van der Waals surface area contributed by atoms with Crippen molar-refractivity contribution in [1.29, 1.82) is 0 Å². The van der Waals surface area contributed by atoms with E-state index in [4.69, 9.17) is 27.9 Å². The van der Waals surface area contributed by atoms with Crippen molar-refractivity contribution in [3.8, 4) is 0 Å². The smallest absolute Gasteiger partial charge is 0.329 e. The van der Waals surface area contributed by atoms with E-state index in [9.17, 15) is 14.4 Å². The highest BCUT2D eigenvalue weighted by Gasteiger charge is 2.23. The van der Waals surface area contributed by atoms with Crippen molar-refractivity contribution in [3.05, 3.63) is 58.2 Å². The van der Waals surface area contributed by atoms with Crippen molar-refractivity contribution in [3.63, 3.8) is 0 Å². The molecule has 2 N–H and O–H groups in total. The third kappa shape index (κ3) is 6.23. The number of rotatable bonds is 6. The fourth-order valence-electron chi connectivity index (χ4n) is 1.95. The second-order valence-electron chi connectivity index (χ2n) is 5.63. The van der Waals surface area contributed by atoms with Crippen molar-refractivity contribution in [2.75, 3.05) is 5.32 Å². The summed E-state index contributed by atoms with van der Waals surface area (Å²) in [6.45, 7) is 2.87. The van der Waals surface area contributed by atoms with Crippen molar-refractivity contribution < 1.29 is 19.1 Å². The zero-order valence-electron chi connectivity index (χ0n) is 14.5. The fourth-order valence-corrected chi connectivity index (χ4v) is 2.19. The summed E-state index contributed by atoms with van der Waals surface area (Å²) in [5.41, 5.74) is 0.346. The highest BCUT2D eigenvalue weighted by atomic mass is 35.5. The molecular weight excluding hydrogens is 393 g/mol. The number of hydrogen-bond acceptors (Lipinski definition) is 5. The van der Waals surface area contributed by atoms with Gasteiger partial charge in [0.05, 0.1) is 5.02 Å². The lowest BCUT2D eigenvalue weighted by Gasteiger charge is -2.17. The number of anilines is 1. The summed E-state index contributed by atoms with van der Waals surface area (Å²) in [6.07, 6.45) is 0.298. The van der Waals surface area contributed by atoms with E-state index < -0.39 is 29.9 Å². The number of nitrogens with one attached hydrogen (secondary N) is 2. The topological polar surface area (TPSA) is 97.4 Å². The van der Waals surface area contributed by atoms with Crippen LogP contribution >= 0.6 is 23.2 Å². The first-order chi connectivity index (χ1) is 12.8. The van der Waals surface area contributed by atoms with Gasteiger partial charge in [-0.1, -0.05) is 23.2 Å². The van der Waals surface area contributed by atoms with Gasteiger partial charge >= 0.3 is 5.97 Å². The van der Waals surface area contributed by atoms with Gasteiger partial charge in [0.25, 0.3) is 11.8 Å². The second kappa shape index (κ2) is 9.34. The molecule has 2 rings (SSSR count). The highest BCUT2D eigenvalue weighted by Crippen LogP contribution is 2.11. The summed E-state index contributed by atoms with van der Waals surface area (Å²) in [5.74, 6) is -1.49. The molecule has 0 fully saturated rings. The average molecular weight is 410 g/mol. The molecule has 0 spiro atoms. The van der Waals surface area contributed by atoms with Crippen LogP contribution in [0.5, 0.6) is 0 Å². The number of amides is 2. The second-order valence-corrected chi connectivity index (χ2v) is 6.50. The van der Waals surface area contributed by atoms with Crippen LogP contribution < -0.4 is 10.6 Å². The van der Waals surface area contributed by atoms with Crippen LogP contribution in [0.15, 0.2) is 42.6 Å². The summed E-state index contributed by atoms with van der Waals surface area (Å²) in [6, 6.07) is 8.33. The van der Waals surface area contributed by atoms with Crippen LogP contribution in [0.3, 0.4) is 0 Å². The first-order valence-electron chi connectivity index (χ1n) is 7.95. The molecule has 0 aliphatic heterocycles. The minimum absolute atomic E-state index is 0.274. The maximum absolute atomic E-state index is 12.1. The minimum Gasteiger partial charge on any atom is -0.451 e. The third-order valence-corrected chi connectivity index (χ3v) is 3.92. The fraction of sp³-hybridized carbons (Fsp3) is 0.222. The highest BCUT2D eigenvalue weighted by molar-refractivity contribution is 6.30. The molecule has 0 saturated carbocycles. The first-order valence-corrected chi connectivity index (χ1v) is 8.71. The van der Waals surface area contributed by atoms with Gasteiger partial charge in [0.15, 0.2) is 6.10 Å². The van der Waals surface area contributed by atoms with Gasteiger partial charge in [0.2, 0.25) is 0 Å². The van der Waals surface area contributed by atoms with Gasteiger partial charge in [-0.05, 0) is 50.2 Å². The number of pyridine rings is 1. The Labute approximate surface area is 166 Å². The maximum atomic E-state index is 12.1. The van der Waals surface area contributed by atoms with E-state index in [0.717, 1.165) is 0 Å². The van der Waals surface area contributed by atoms with E-state index in [1.165, 1.54) is 38.2 Å². The Morgan fingerprint density at radius 2 is 1.63 bits per heavy atom. The molecule has 2 amide bonds. The molecule has 2 aromatic rings. The lowest BCUT2D eigenvalue weighted by molar-refractivity contribution is -0.154. The minimum atomic E-state index is -1.08. The molecule has 1 heterocycles. The Bertz CT molecular complexity index is 826. The Kier molecular flexibility index (Phi) is 7.15. The van der Waals surface area contributed by atoms with Crippen LogP contribution in [0.2, 0.25) is 10.0 Å². The van der Waals surface area contributed by atoms with E-state index in [1.807, 2.05) is 0 Å². The molecule has 0 radical (unpaired) electrons. The molecule has 0 unspecified atom stereocenters. The standard InChI is InChI=1S/C18H17Cl2N3O4/c1-10(22-17(25)12-3-5-13(19)6-4-12)18(26)27-11(2)16(24)23-15-8-7-14(20)9-21-15/h3-11H,1-2H3,(H,22,25)(H,21,23,24)/t10-,11+/m0/s1. The lowest BCUT2D eigenvalue weighted by Crippen LogP contribution is -2.42. The first kappa shape index (κ1) is 20.7. The molecule has 7 nitrogen and oxygen atoms in total. The molecule has 9 heteroatoms. The summed E-state index contributed by atoms with van der Waals surface area (Å²) >= 11 is 11.5. The van der Waals surface area contributed by atoms with Crippen LogP contribution in [0, 0.1) is 0 Å². The summed E-state index contributed by atoms with van der Waals surface area (Å²) in [4.78, 5) is 40.2. The van der Waals surface area contributed by atoms with Crippen molar-refractivity contribution in [1.82, 2.24) is 10.3 Å². The number of carbonyl (C=O) groups is 3. The van der Waals surface area contributed by atoms with Crippen LogP contribution in [-0.4, -0.2) is 34.9 Å².